The molecule has 3 aromatic rings. The summed E-state index contributed by atoms with van der Waals surface area (Å²) in [4.78, 5) is 40.8. The van der Waals surface area contributed by atoms with Gasteiger partial charge >= 0.3 is 5.69 Å². The van der Waals surface area contributed by atoms with Gasteiger partial charge in [0.1, 0.15) is 11.3 Å². The zero-order valence-corrected chi connectivity index (χ0v) is 16.4. The molecule has 2 amide bonds. The van der Waals surface area contributed by atoms with E-state index in [0.717, 1.165) is 16.8 Å². The molecule has 2 aromatic carbocycles. The van der Waals surface area contributed by atoms with E-state index in [0.29, 0.717) is 16.4 Å². The fourth-order valence-electron chi connectivity index (χ4n) is 3.29. The van der Waals surface area contributed by atoms with Gasteiger partial charge in [-0.25, -0.2) is 4.98 Å². The van der Waals surface area contributed by atoms with Crippen LogP contribution in [0.15, 0.2) is 36.4 Å². The third-order valence-electron chi connectivity index (χ3n) is 4.77. The van der Waals surface area contributed by atoms with Crippen LogP contribution >= 0.6 is 11.3 Å². The molecule has 0 spiro atoms. The number of rotatable bonds is 5. The highest BCUT2D eigenvalue weighted by Crippen LogP contribution is 2.33. The maximum absolute atomic E-state index is 13.6. The van der Waals surface area contributed by atoms with Gasteiger partial charge in [-0.05, 0) is 24.3 Å². The largest absolute Gasteiger partial charge is 0.494 e. The van der Waals surface area contributed by atoms with Gasteiger partial charge < -0.3 is 15.0 Å². The van der Waals surface area contributed by atoms with Crippen LogP contribution in [0.25, 0.3) is 10.2 Å². The molecule has 1 unspecified atom stereocenters. The number of nitro benzene ring substituents is 1. The third kappa shape index (κ3) is 3.54. The van der Waals surface area contributed by atoms with Crippen molar-refractivity contribution < 1.29 is 23.6 Å². The van der Waals surface area contributed by atoms with Crippen LogP contribution in [0.5, 0.6) is 5.75 Å². The number of hydrogen-bond acceptors (Lipinski definition) is 7. The number of para-hydroxylation sites is 1. The number of thiazole rings is 1. The van der Waals surface area contributed by atoms with Crippen LogP contribution in [-0.2, 0) is 9.59 Å². The minimum Gasteiger partial charge on any atom is -0.494 e. The number of carbonyl (C=O) groups is 2. The van der Waals surface area contributed by atoms with Crippen molar-refractivity contribution in [3.8, 4) is 5.75 Å². The minimum atomic E-state index is -0.990. The van der Waals surface area contributed by atoms with Gasteiger partial charge in [-0.3, -0.25) is 19.7 Å². The number of fused-ring (bicyclic) bond motifs is 1. The molecule has 0 aliphatic carbocycles. The van der Waals surface area contributed by atoms with Gasteiger partial charge in [0.15, 0.2) is 5.13 Å². The molecule has 11 heteroatoms. The number of hydrogen-bond donors (Lipinski definition) is 1. The molecule has 1 fully saturated rings. The first kappa shape index (κ1) is 19.7. The van der Waals surface area contributed by atoms with Crippen molar-refractivity contribution in [2.75, 3.05) is 23.9 Å². The summed E-state index contributed by atoms with van der Waals surface area (Å²) in [6.45, 7) is 0.0294. The minimum absolute atomic E-state index is 0.0294. The fourth-order valence-corrected chi connectivity index (χ4v) is 4.18. The number of carbonyl (C=O) groups excluding carboxylic acids is 2. The summed E-state index contributed by atoms with van der Waals surface area (Å²) in [7, 11) is 1.53. The lowest BCUT2D eigenvalue weighted by Crippen LogP contribution is -2.28. The molecule has 9 nitrogen and oxygen atoms in total. The van der Waals surface area contributed by atoms with Crippen molar-refractivity contribution in [3.63, 3.8) is 0 Å². The Morgan fingerprint density at radius 3 is 2.93 bits per heavy atom. The van der Waals surface area contributed by atoms with E-state index in [1.54, 1.807) is 6.07 Å². The van der Waals surface area contributed by atoms with Crippen LogP contribution in [0.2, 0.25) is 0 Å². The average Bonchev–Trinajstić information content (AvgIpc) is 3.31. The van der Waals surface area contributed by atoms with Gasteiger partial charge in [-0.15, -0.1) is 0 Å². The number of anilines is 2. The summed E-state index contributed by atoms with van der Waals surface area (Å²) in [5.41, 5.74) is 0.0767. The number of nitrogens with zero attached hydrogens (tertiary/aromatic N) is 3. The first-order chi connectivity index (χ1) is 14.4. The number of nitro groups is 1. The van der Waals surface area contributed by atoms with Crippen molar-refractivity contribution in [1.82, 2.24) is 4.98 Å². The lowest BCUT2D eigenvalue weighted by molar-refractivity contribution is -0.387. The molecular formula is C19H15FN4O5S. The molecule has 1 N–H and O–H groups in total. The second-order valence-corrected chi connectivity index (χ2v) is 7.64. The van der Waals surface area contributed by atoms with Gasteiger partial charge in [0.25, 0.3) is 0 Å². The van der Waals surface area contributed by atoms with Crippen molar-refractivity contribution >= 4 is 49.9 Å². The van der Waals surface area contributed by atoms with E-state index in [4.69, 9.17) is 4.74 Å². The molecule has 30 heavy (non-hydrogen) atoms. The van der Waals surface area contributed by atoms with Gasteiger partial charge in [0, 0.05) is 19.0 Å². The van der Waals surface area contributed by atoms with E-state index in [2.05, 4.69) is 10.3 Å². The van der Waals surface area contributed by atoms with Crippen LogP contribution < -0.4 is 15.0 Å². The zero-order valence-electron chi connectivity index (χ0n) is 15.6. The highest BCUT2D eigenvalue weighted by atomic mass is 32.1. The maximum atomic E-state index is 13.6. The van der Waals surface area contributed by atoms with Crippen molar-refractivity contribution in [1.29, 1.82) is 0 Å². The second-order valence-electron chi connectivity index (χ2n) is 6.61. The molecule has 1 atom stereocenters. The number of aromatic nitrogens is 1. The topological polar surface area (TPSA) is 115 Å². The Hall–Kier alpha value is -3.60. The number of nitrogens with one attached hydrogen (secondary N) is 1. The van der Waals surface area contributed by atoms with Crippen LogP contribution in [0.3, 0.4) is 0 Å². The lowest BCUT2D eigenvalue weighted by atomic mass is 10.1. The van der Waals surface area contributed by atoms with Gasteiger partial charge in [0.2, 0.25) is 17.6 Å². The quantitative estimate of drug-likeness (QED) is 0.490. The molecule has 1 saturated heterocycles. The Kier molecular flexibility index (Phi) is 5.04. The van der Waals surface area contributed by atoms with Crippen LogP contribution in [0.1, 0.15) is 6.42 Å². The summed E-state index contributed by atoms with van der Waals surface area (Å²) in [6, 6.07) is 8.65. The highest BCUT2D eigenvalue weighted by molar-refractivity contribution is 7.22. The summed E-state index contributed by atoms with van der Waals surface area (Å²) >= 11 is 1.28. The highest BCUT2D eigenvalue weighted by Gasteiger charge is 2.36. The summed E-state index contributed by atoms with van der Waals surface area (Å²) in [5, 5.41) is 14.0. The molecule has 1 aliphatic heterocycles. The smallest absolute Gasteiger partial charge is 0.306 e. The number of methoxy groups -OCH3 is 1. The Labute approximate surface area is 173 Å². The zero-order chi connectivity index (χ0) is 21.4. The fraction of sp³-hybridized carbons (Fsp3) is 0.211. The van der Waals surface area contributed by atoms with E-state index in [9.17, 15) is 24.1 Å². The monoisotopic (exact) mass is 430 g/mol. The molecule has 1 aromatic heterocycles. The third-order valence-corrected chi connectivity index (χ3v) is 5.70. The number of ether oxygens (including phenoxy) is 1. The van der Waals surface area contributed by atoms with E-state index < -0.39 is 22.3 Å². The first-order valence-electron chi connectivity index (χ1n) is 8.86. The maximum Gasteiger partial charge on any atom is 0.306 e. The molecule has 2 heterocycles. The first-order valence-corrected chi connectivity index (χ1v) is 9.67. The molecule has 0 saturated carbocycles. The molecular weight excluding hydrogens is 415 g/mol. The molecule has 0 bridgehead atoms. The lowest BCUT2D eigenvalue weighted by Gasteiger charge is -2.16. The van der Waals surface area contributed by atoms with Crippen molar-refractivity contribution in [2.45, 2.75) is 6.42 Å². The van der Waals surface area contributed by atoms with E-state index in [1.165, 1.54) is 29.4 Å². The molecule has 0 radical (unpaired) electrons. The van der Waals surface area contributed by atoms with Crippen LogP contribution in [-0.4, -0.2) is 35.4 Å². The van der Waals surface area contributed by atoms with Gasteiger partial charge in [-0.2, -0.15) is 4.39 Å². The summed E-state index contributed by atoms with van der Waals surface area (Å²) < 4.78 is 19.7. The Bertz CT molecular complexity index is 1180. The SMILES string of the molecule is COc1cccc2sc(NC(=O)C3CC(=O)N(c4ccc(F)c([N+](=O)[O-])c4)C3)nc12. The van der Waals surface area contributed by atoms with E-state index in [-0.39, 0.29) is 30.5 Å². The standard InChI is InChI=1S/C19H15FN4O5S/c1-29-14-3-2-4-15-17(14)21-19(30-15)22-18(26)10-7-16(25)23(9-10)11-5-6-12(20)13(8-11)24(27)28/h2-6,8,10H,7,9H2,1H3,(H,21,22,26). The molecule has 4 rings (SSSR count). The Morgan fingerprint density at radius 1 is 1.40 bits per heavy atom. The predicted octanol–water partition coefficient (Wildman–Crippen LogP) is 3.34. The number of amides is 2. The van der Waals surface area contributed by atoms with Crippen molar-refractivity contribution in [2.24, 2.45) is 5.92 Å². The molecule has 1 aliphatic rings. The number of benzene rings is 2. The summed E-state index contributed by atoms with van der Waals surface area (Å²) in [6.07, 6.45) is -0.0643. The van der Waals surface area contributed by atoms with Gasteiger partial charge in [-0.1, -0.05) is 17.4 Å². The molecule has 154 valence electrons. The summed E-state index contributed by atoms with van der Waals surface area (Å²) in [5.74, 6) is -1.83. The second kappa shape index (κ2) is 7.67. The van der Waals surface area contributed by atoms with Crippen LogP contribution in [0, 0.1) is 21.8 Å². The number of halogens is 1. The van der Waals surface area contributed by atoms with Crippen LogP contribution in [0.4, 0.5) is 20.9 Å². The van der Waals surface area contributed by atoms with E-state index in [1.807, 2.05) is 12.1 Å². The van der Waals surface area contributed by atoms with E-state index >= 15 is 0 Å². The average molecular weight is 430 g/mol. The Balaban J connectivity index is 1.51. The normalized spacial score (nSPS) is 16.1. The Morgan fingerprint density at radius 2 is 2.20 bits per heavy atom. The predicted molar refractivity (Wildman–Crippen MR) is 108 cm³/mol. The van der Waals surface area contributed by atoms with Gasteiger partial charge in [0.05, 0.1) is 28.3 Å². The van der Waals surface area contributed by atoms with Crippen molar-refractivity contribution in [3.05, 3.63) is 52.3 Å².